The Morgan fingerprint density at radius 1 is 1.54 bits per heavy atom. The van der Waals surface area contributed by atoms with Crippen molar-refractivity contribution in [3.63, 3.8) is 0 Å². The lowest BCUT2D eigenvalue weighted by atomic mass is 9.87. The zero-order valence-electron chi connectivity index (χ0n) is 8.81. The molecule has 1 atom stereocenters. The van der Waals surface area contributed by atoms with Crippen LogP contribution >= 0.6 is 12.2 Å². The van der Waals surface area contributed by atoms with Crippen molar-refractivity contribution in [3.05, 3.63) is 0 Å². The molecule has 1 saturated carbocycles. The summed E-state index contributed by atoms with van der Waals surface area (Å²) in [4.78, 5) is 0. The number of hydrogen-bond donors (Lipinski definition) is 2. The minimum absolute atomic E-state index is 0.402. The quantitative estimate of drug-likeness (QED) is 0.667. The SMILES string of the molecule is CCNC(=S)NC1CCCC1(C)C. The Morgan fingerprint density at radius 3 is 2.69 bits per heavy atom. The predicted octanol–water partition coefficient (Wildman–Crippen LogP) is 2.05. The van der Waals surface area contributed by atoms with Crippen molar-refractivity contribution in [2.45, 2.75) is 46.1 Å². The van der Waals surface area contributed by atoms with Crippen LogP contribution < -0.4 is 10.6 Å². The molecule has 0 amide bonds. The molecule has 0 aromatic heterocycles. The van der Waals surface area contributed by atoms with E-state index in [-0.39, 0.29) is 0 Å². The van der Waals surface area contributed by atoms with Crippen molar-refractivity contribution < 1.29 is 0 Å². The van der Waals surface area contributed by atoms with Gasteiger partial charge in [0.1, 0.15) is 0 Å². The highest BCUT2D eigenvalue weighted by molar-refractivity contribution is 7.80. The fourth-order valence-electron chi connectivity index (χ4n) is 1.96. The van der Waals surface area contributed by atoms with E-state index in [1.165, 1.54) is 19.3 Å². The summed E-state index contributed by atoms with van der Waals surface area (Å²) in [5.41, 5.74) is 0.402. The molecule has 0 saturated heterocycles. The van der Waals surface area contributed by atoms with Gasteiger partial charge >= 0.3 is 0 Å². The maximum absolute atomic E-state index is 5.17. The summed E-state index contributed by atoms with van der Waals surface area (Å²) in [6, 6.07) is 0.555. The van der Waals surface area contributed by atoms with Crippen molar-refractivity contribution in [1.82, 2.24) is 10.6 Å². The first kappa shape index (κ1) is 10.8. The van der Waals surface area contributed by atoms with E-state index in [4.69, 9.17) is 12.2 Å². The third-order valence-corrected chi connectivity index (χ3v) is 3.16. The Bertz CT molecular complexity index is 189. The van der Waals surface area contributed by atoms with Crippen molar-refractivity contribution in [3.8, 4) is 0 Å². The lowest BCUT2D eigenvalue weighted by Crippen LogP contribution is -2.46. The van der Waals surface area contributed by atoms with Gasteiger partial charge < -0.3 is 10.6 Å². The molecule has 0 aliphatic heterocycles. The van der Waals surface area contributed by atoms with E-state index in [0.717, 1.165) is 11.7 Å². The molecule has 1 aliphatic carbocycles. The van der Waals surface area contributed by atoms with Crippen LogP contribution in [0.1, 0.15) is 40.0 Å². The highest BCUT2D eigenvalue weighted by Crippen LogP contribution is 2.36. The van der Waals surface area contributed by atoms with E-state index in [1.54, 1.807) is 0 Å². The standard InChI is InChI=1S/C10H20N2S/c1-4-11-9(13)12-8-6-5-7-10(8,2)3/h8H,4-7H2,1-3H3,(H2,11,12,13). The van der Waals surface area contributed by atoms with Gasteiger partial charge in [0, 0.05) is 12.6 Å². The largest absolute Gasteiger partial charge is 0.363 e. The van der Waals surface area contributed by atoms with Crippen LogP contribution in [0.15, 0.2) is 0 Å². The van der Waals surface area contributed by atoms with Crippen molar-refractivity contribution >= 4 is 17.3 Å². The van der Waals surface area contributed by atoms with E-state index >= 15 is 0 Å². The normalized spacial score (nSPS) is 25.6. The molecule has 0 heterocycles. The van der Waals surface area contributed by atoms with Crippen molar-refractivity contribution in [1.29, 1.82) is 0 Å². The maximum Gasteiger partial charge on any atom is 0.166 e. The van der Waals surface area contributed by atoms with Gasteiger partial charge in [0.05, 0.1) is 0 Å². The molecule has 2 N–H and O–H groups in total. The Hall–Kier alpha value is -0.310. The molecule has 1 aliphatic rings. The van der Waals surface area contributed by atoms with E-state index in [1.807, 2.05) is 0 Å². The Labute approximate surface area is 86.5 Å². The van der Waals surface area contributed by atoms with Crippen LogP contribution in [-0.2, 0) is 0 Å². The van der Waals surface area contributed by atoms with E-state index < -0.39 is 0 Å². The zero-order valence-corrected chi connectivity index (χ0v) is 9.63. The van der Waals surface area contributed by atoms with Crippen molar-refractivity contribution in [2.24, 2.45) is 5.41 Å². The fourth-order valence-corrected chi connectivity index (χ4v) is 2.25. The second-order valence-corrected chi connectivity index (χ2v) is 4.85. The van der Waals surface area contributed by atoms with E-state index in [0.29, 0.717) is 11.5 Å². The maximum atomic E-state index is 5.17. The summed E-state index contributed by atoms with van der Waals surface area (Å²) in [7, 11) is 0. The molecular formula is C10H20N2S. The summed E-state index contributed by atoms with van der Waals surface area (Å²) in [5, 5.41) is 7.33. The van der Waals surface area contributed by atoms with Gasteiger partial charge in [-0.15, -0.1) is 0 Å². The molecule has 0 aromatic rings. The van der Waals surface area contributed by atoms with Crippen LogP contribution in [0, 0.1) is 5.41 Å². The molecule has 0 radical (unpaired) electrons. The second kappa shape index (κ2) is 4.27. The van der Waals surface area contributed by atoms with Gasteiger partial charge in [-0.25, -0.2) is 0 Å². The average Bonchev–Trinajstić information content (AvgIpc) is 2.31. The third-order valence-electron chi connectivity index (χ3n) is 2.90. The average molecular weight is 200 g/mol. The van der Waals surface area contributed by atoms with Gasteiger partial charge in [0.25, 0.3) is 0 Å². The molecule has 1 fully saturated rings. The first-order valence-electron chi connectivity index (χ1n) is 5.10. The zero-order chi connectivity index (χ0) is 9.90. The van der Waals surface area contributed by atoms with Crippen molar-refractivity contribution in [2.75, 3.05) is 6.54 Å². The van der Waals surface area contributed by atoms with E-state index in [9.17, 15) is 0 Å². The Morgan fingerprint density at radius 2 is 2.23 bits per heavy atom. The van der Waals surface area contributed by atoms with Gasteiger partial charge in [-0.05, 0) is 37.4 Å². The Kier molecular flexibility index (Phi) is 3.54. The molecule has 3 heteroatoms. The second-order valence-electron chi connectivity index (χ2n) is 4.44. The number of rotatable bonds is 2. The summed E-state index contributed by atoms with van der Waals surface area (Å²) >= 11 is 5.17. The van der Waals surface area contributed by atoms with Crippen LogP contribution in [-0.4, -0.2) is 17.7 Å². The lowest BCUT2D eigenvalue weighted by molar-refractivity contribution is 0.310. The number of hydrogen-bond acceptors (Lipinski definition) is 1. The van der Waals surface area contributed by atoms with Gasteiger partial charge in [0.15, 0.2) is 5.11 Å². The van der Waals surface area contributed by atoms with Crippen LogP contribution in [0.4, 0.5) is 0 Å². The Balaban J connectivity index is 2.40. The molecule has 0 aromatic carbocycles. The van der Waals surface area contributed by atoms with Crippen LogP contribution in [0.2, 0.25) is 0 Å². The lowest BCUT2D eigenvalue weighted by Gasteiger charge is -2.28. The highest BCUT2D eigenvalue weighted by atomic mass is 32.1. The van der Waals surface area contributed by atoms with Gasteiger partial charge in [-0.1, -0.05) is 20.3 Å². The molecule has 0 bridgehead atoms. The first-order valence-corrected chi connectivity index (χ1v) is 5.51. The molecule has 13 heavy (non-hydrogen) atoms. The molecule has 1 unspecified atom stereocenters. The van der Waals surface area contributed by atoms with Crippen LogP contribution in [0.3, 0.4) is 0 Å². The first-order chi connectivity index (χ1) is 6.06. The smallest absolute Gasteiger partial charge is 0.166 e. The number of nitrogens with one attached hydrogen (secondary N) is 2. The summed E-state index contributed by atoms with van der Waals surface area (Å²) in [6.45, 7) is 7.59. The van der Waals surface area contributed by atoms with Gasteiger partial charge in [-0.3, -0.25) is 0 Å². The molecule has 0 spiro atoms. The molecule has 2 nitrogen and oxygen atoms in total. The van der Waals surface area contributed by atoms with E-state index in [2.05, 4.69) is 31.4 Å². The number of thiocarbonyl (C=S) groups is 1. The molecular weight excluding hydrogens is 180 g/mol. The fraction of sp³-hybridized carbons (Fsp3) is 0.900. The highest BCUT2D eigenvalue weighted by Gasteiger charge is 2.34. The summed E-state index contributed by atoms with van der Waals surface area (Å²) in [6.07, 6.45) is 3.87. The molecule has 1 rings (SSSR count). The monoisotopic (exact) mass is 200 g/mol. The summed E-state index contributed by atoms with van der Waals surface area (Å²) in [5.74, 6) is 0. The van der Waals surface area contributed by atoms with Gasteiger partial charge in [0.2, 0.25) is 0 Å². The van der Waals surface area contributed by atoms with Gasteiger partial charge in [-0.2, -0.15) is 0 Å². The molecule has 76 valence electrons. The van der Waals surface area contributed by atoms with Crippen LogP contribution in [0.5, 0.6) is 0 Å². The minimum Gasteiger partial charge on any atom is -0.363 e. The topological polar surface area (TPSA) is 24.1 Å². The minimum atomic E-state index is 0.402. The summed E-state index contributed by atoms with van der Waals surface area (Å²) < 4.78 is 0. The third kappa shape index (κ3) is 2.83. The van der Waals surface area contributed by atoms with Crippen LogP contribution in [0.25, 0.3) is 0 Å². The predicted molar refractivity (Wildman–Crippen MR) is 60.8 cm³/mol.